The highest BCUT2D eigenvalue weighted by Crippen LogP contribution is 2.26. The van der Waals surface area contributed by atoms with Crippen molar-refractivity contribution in [3.8, 4) is 17.1 Å². The van der Waals surface area contributed by atoms with Crippen LogP contribution < -0.4 is 0 Å². The number of halogens is 2. The van der Waals surface area contributed by atoms with Crippen molar-refractivity contribution >= 4 is 23.2 Å². The zero-order valence-corrected chi connectivity index (χ0v) is 12.5. The highest BCUT2D eigenvalue weighted by atomic mass is 35.5. The first-order valence-corrected chi connectivity index (χ1v) is 7.13. The maximum absolute atomic E-state index is 9.54. The molecule has 0 aliphatic heterocycles. The molecule has 1 N–H and O–H groups in total. The molecule has 0 atom stereocenters. The Morgan fingerprint density at radius 2 is 1.81 bits per heavy atom. The zero-order valence-electron chi connectivity index (χ0n) is 11.0. The van der Waals surface area contributed by atoms with E-state index in [0.717, 1.165) is 17.0 Å². The van der Waals surface area contributed by atoms with Crippen LogP contribution in [0.3, 0.4) is 0 Å². The molecule has 3 rings (SSSR count). The summed E-state index contributed by atoms with van der Waals surface area (Å²) in [4.78, 5) is 4.37. The summed E-state index contributed by atoms with van der Waals surface area (Å²) in [5, 5.41) is 10.7. The molecule has 0 spiro atoms. The lowest BCUT2D eigenvalue weighted by molar-refractivity contribution is 0.474. The zero-order chi connectivity index (χ0) is 14.8. The van der Waals surface area contributed by atoms with Gasteiger partial charge in [-0.1, -0.05) is 35.3 Å². The molecule has 21 heavy (non-hydrogen) atoms. The van der Waals surface area contributed by atoms with E-state index in [4.69, 9.17) is 23.2 Å². The minimum atomic E-state index is 0.250. The number of aromatic hydroxyl groups is 1. The third-order valence-corrected chi connectivity index (χ3v) is 3.54. The Bertz CT molecular complexity index is 763. The Morgan fingerprint density at radius 1 is 1.05 bits per heavy atom. The fraction of sp³-hybridized carbons (Fsp3) is 0.0625. The SMILES string of the molecule is Oc1cccc(Cn2ccnc2-c2cc(Cl)cc(Cl)c2)c1. The number of benzene rings is 2. The molecule has 0 bridgehead atoms. The van der Waals surface area contributed by atoms with E-state index in [0.29, 0.717) is 16.6 Å². The summed E-state index contributed by atoms with van der Waals surface area (Å²) in [7, 11) is 0. The molecule has 3 aromatic rings. The van der Waals surface area contributed by atoms with Gasteiger partial charge < -0.3 is 9.67 Å². The highest BCUT2D eigenvalue weighted by Gasteiger charge is 2.08. The molecule has 3 nitrogen and oxygen atoms in total. The van der Waals surface area contributed by atoms with Gasteiger partial charge in [0, 0.05) is 34.5 Å². The topological polar surface area (TPSA) is 38.0 Å². The average molecular weight is 319 g/mol. The third-order valence-electron chi connectivity index (χ3n) is 3.10. The van der Waals surface area contributed by atoms with Crippen LogP contribution in [0.1, 0.15) is 5.56 Å². The smallest absolute Gasteiger partial charge is 0.140 e. The number of aromatic nitrogens is 2. The molecule has 0 amide bonds. The molecule has 0 radical (unpaired) electrons. The lowest BCUT2D eigenvalue weighted by Gasteiger charge is -2.09. The van der Waals surface area contributed by atoms with Gasteiger partial charge in [0.05, 0.1) is 0 Å². The molecule has 0 saturated heterocycles. The van der Waals surface area contributed by atoms with Gasteiger partial charge in [0.2, 0.25) is 0 Å². The minimum absolute atomic E-state index is 0.250. The van der Waals surface area contributed by atoms with Crippen LogP contribution in [0.5, 0.6) is 5.75 Å². The number of phenolic OH excluding ortho intramolecular Hbond substituents is 1. The third kappa shape index (κ3) is 3.20. The van der Waals surface area contributed by atoms with Gasteiger partial charge in [0.1, 0.15) is 11.6 Å². The molecule has 0 aliphatic carbocycles. The van der Waals surface area contributed by atoms with E-state index < -0.39 is 0 Å². The monoisotopic (exact) mass is 318 g/mol. The molecule has 2 aromatic carbocycles. The van der Waals surface area contributed by atoms with Crippen molar-refractivity contribution in [3.63, 3.8) is 0 Å². The first kappa shape index (κ1) is 14.0. The molecule has 0 fully saturated rings. The van der Waals surface area contributed by atoms with Gasteiger partial charge in [0.15, 0.2) is 0 Å². The quantitative estimate of drug-likeness (QED) is 0.765. The lowest BCUT2D eigenvalue weighted by Crippen LogP contribution is -2.01. The molecule has 1 aromatic heterocycles. The molecule has 1 heterocycles. The molecule has 0 aliphatic rings. The van der Waals surface area contributed by atoms with Crippen molar-refractivity contribution in [3.05, 3.63) is 70.5 Å². The van der Waals surface area contributed by atoms with Crippen LogP contribution in [0.4, 0.5) is 0 Å². The summed E-state index contributed by atoms with van der Waals surface area (Å²) >= 11 is 12.1. The van der Waals surface area contributed by atoms with E-state index >= 15 is 0 Å². The summed E-state index contributed by atoms with van der Waals surface area (Å²) in [5.74, 6) is 1.03. The number of hydrogen-bond donors (Lipinski definition) is 1. The summed E-state index contributed by atoms with van der Waals surface area (Å²) < 4.78 is 1.98. The second-order valence-corrected chi connectivity index (χ2v) is 5.58. The molecule has 0 saturated carbocycles. The summed E-state index contributed by atoms with van der Waals surface area (Å²) in [5.41, 5.74) is 1.85. The number of rotatable bonds is 3. The van der Waals surface area contributed by atoms with Gasteiger partial charge in [-0.05, 0) is 35.9 Å². The minimum Gasteiger partial charge on any atom is -0.508 e. The van der Waals surface area contributed by atoms with Gasteiger partial charge in [-0.2, -0.15) is 0 Å². The molecular formula is C16H12Cl2N2O. The predicted octanol–water partition coefficient (Wildman–Crippen LogP) is 4.61. The van der Waals surface area contributed by atoms with Crippen LogP contribution in [0.15, 0.2) is 54.9 Å². The second-order valence-electron chi connectivity index (χ2n) is 4.71. The van der Waals surface area contributed by atoms with Gasteiger partial charge in [-0.15, -0.1) is 0 Å². The van der Waals surface area contributed by atoms with E-state index in [2.05, 4.69) is 4.98 Å². The van der Waals surface area contributed by atoms with E-state index in [9.17, 15) is 5.11 Å². The van der Waals surface area contributed by atoms with Crippen LogP contribution in [-0.2, 0) is 6.54 Å². The Kier molecular flexibility index (Phi) is 3.86. The second kappa shape index (κ2) is 5.80. The van der Waals surface area contributed by atoms with Crippen LogP contribution in [-0.4, -0.2) is 14.7 Å². The number of hydrogen-bond acceptors (Lipinski definition) is 2. The van der Waals surface area contributed by atoms with Gasteiger partial charge in [0.25, 0.3) is 0 Å². The van der Waals surface area contributed by atoms with E-state index in [1.807, 2.05) is 35.0 Å². The van der Waals surface area contributed by atoms with Crippen LogP contribution in [0.2, 0.25) is 10.0 Å². The summed E-state index contributed by atoms with van der Waals surface area (Å²) in [6, 6.07) is 12.5. The maximum atomic E-state index is 9.54. The van der Waals surface area contributed by atoms with Gasteiger partial charge in [-0.25, -0.2) is 4.98 Å². The van der Waals surface area contributed by atoms with Crippen molar-refractivity contribution < 1.29 is 5.11 Å². The number of imidazole rings is 1. The average Bonchev–Trinajstić information content (AvgIpc) is 2.85. The maximum Gasteiger partial charge on any atom is 0.140 e. The van der Waals surface area contributed by atoms with Crippen molar-refractivity contribution in [2.45, 2.75) is 6.54 Å². The lowest BCUT2D eigenvalue weighted by atomic mass is 10.2. The summed E-state index contributed by atoms with van der Waals surface area (Å²) in [6.07, 6.45) is 3.61. The molecule has 106 valence electrons. The largest absolute Gasteiger partial charge is 0.508 e. The highest BCUT2D eigenvalue weighted by molar-refractivity contribution is 6.35. The molecule has 5 heteroatoms. The number of nitrogens with zero attached hydrogens (tertiary/aromatic N) is 2. The molecular weight excluding hydrogens is 307 g/mol. The van der Waals surface area contributed by atoms with E-state index in [1.165, 1.54) is 0 Å². The van der Waals surface area contributed by atoms with Gasteiger partial charge in [-0.3, -0.25) is 0 Å². The van der Waals surface area contributed by atoms with E-state index in [-0.39, 0.29) is 5.75 Å². The Hall–Kier alpha value is -1.97. The van der Waals surface area contributed by atoms with Crippen molar-refractivity contribution in [2.75, 3.05) is 0 Å². The van der Waals surface area contributed by atoms with Gasteiger partial charge >= 0.3 is 0 Å². The molecule has 0 unspecified atom stereocenters. The van der Waals surface area contributed by atoms with Crippen molar-refractivity contribution in [2.24, 2.45) is 0 Å². The predicted molar refractivity (Wildman–Crippen MR) is 84.9 cm³/mol. The number of phenols is 1. The van der Waals surface area contributed by atoms with Crippen LogP contribution in [0, 0.1) is 0 Å². The Morgan fingerprint density at radius 3 is 2.52 bits per heavy atom. The normalized spacial score (nSPS) is 10.8. The van der Waals surface area contributed by atoms with Crippen LogP contribution >= 0.6 is 23.2 Å². The van der Waals surface area contributed by atoms with Crippen molar-refractivity contribution in [1.29, 1.82) is 0 Å². The van der Waals surface area contributed by atoms with Crippen molar-refractivity contribution in [1.82, 2.24) is 9.55 Å². The first-order valence-electron chi connectivity index (χ1n) is 6.37. The van der Waals surface area contributed by atoms with E-state index in [1.54, 1.807) is 24.4 Å². The fourth-order valence-corrected chi connectivity index (χ4v) is 2.76. The standard InChI is InChI=1S/C16H12Cl2N2O/c17-13-7-12(8-14(18)9-13)16-19-4-5-20(16)10-11-2-1-3-15(21)6-11/h1-9,21H,10H2. The summed E-state index contributed by atoms with van der Waals surface area (Å²) in [6.45, 7) is 0.605. The Balaban J connectivity index is 1.97. The van der Waals surface area contributed by atoms with Crippen LogP contribution in [0.25, 0.3) is 11.4 Å². The first-order chi connectivity index (χ1) is 10.1. The Labute approximate surface area is 132 Å². The fourth-order valence-electron chi connectivity index (χ4n) is 2.23.